The van der Waals surface area contributed by atoms with Gasteiger partial charge < -0.3 is 9.47 Å². The SMILES string of the molecule is COc1cc(OC)c(/C=C/C(=O)c2ccc(NS(C)(=O)=O)cc2)cc1P. The zero-order chi connectivity index (χ0) is 19.3. The maximum atomic E-state index is 12.3. The molecule has 1 N–H and O–H groups in total. The standard InChI is InChI=1S/C18H20NO5PS/c1-23-16-11-17(24-2)18(25)10-13(16)6-9-15(20)12-4-7-14(8-5-12)19-26(3,21)22/h4-11,19H,25H2,1-3H3/b9-6+. The van der Waals surface area contributed by atoms with Gasteiger partial charge in [0.25, 0.3) is 0 Å². The number of sulfonamides is 1. The van der Waals surface area contributed by atoms with E-state index in [1.165, 1.54) is 18.2 Å². The minimum absolute atomic E-state index is 0.209. The quantitative estimate of drug-likeness (QED) is 0.444. The number of benzene rings is 2. The first-order valence-corrected chi connectivity index (χ1v) is 10.0. The van der Waals surface area contributed by atoms with Crippen molar-refractivity contribution in [3.05, 3.63) is 53.6 Å². The van der Waals surface area contributed by atoms with E-state index in [2.05, 4.69) is 14.0 Å². The van der Waals surface area contributed by atoms with Gasteiger partial charge in [-0.25, -0.2) is 8.42 Å². The minimum atomic E-state index is -3.35. The van der Waals surface area contributed by atoms with Crippen LogP contribution in [0.2, 0.25) is 0 Å². The molecular formula is C18H20NO5PS. The van der Waals surface area contributed by atoms with Gasteiger partial charge in [0, 0.05) is 28.2 Å². The van der Waals surface area contributed by atoms with E-state index in [0.29, 0.717) is 22.7 Å². The molecule has 0 spiro atoms. The normalized spacial score (nSPS) is 11.4. The fourth-order valence-corrected chi connectivity index (χ4v) is 3.20. The van der Waals surface area contributed by atoms with Crippen LogP contribution >= 0.6 is 9.24 Å². The van der Waals surface area contributed by atoms with Crippen LogP contribution in [0.3, 0.4) is 0 Å². The number of rotatable bonds is 7. The van der Waals surface area contributed by atoms with Crippen molar-refractivity contribution in [3.63, 3.8) is 0 Å². The van der Waals surface area contributed by atoms with Gasteiger partial charge in [-0.3, -0.25) is 9.52 Å². The largest absolute Gasteiger partial charge is 0.496 e. The summed E-state index contributed by atoms with van der Waals surface area (Å²) >= 11 is 0. The Labute approximate surface area is 155 Å². The Morgan fingerprint density at radius 2 is 1.69 bits per heavy atom. The second kappa shape index (κ2) is 8.34. The molecule has 0 aliphatic carbocycles. The lowest BCUT2D eigenvalue weighted by Gasteiger charge is -2.10. The summed E-state index contributed by atoms with van der Waals surface area (Å²) in [6, 6.07) is 9.79. The number of allylic oxidation sites excluding steroid dienone is 1. The van der Waals surface area contributed by atoms with Gasteiger partial charge in [0.15, 0.2) is 5.78 Å². The van der Waals surface area contributed by atoms with Crippen molar-refractivity contribution in [1.82, 2.24) is 0 Å². The highest BCUT2D eigenvalue weighted by Gasteiger charge is 2.08. The van der Waals surface area contributed by atoms with Gasteiger partial charge >= 0.3 is 0 Å². The third kappa shape index (κ3) is 5.31. The molecule has 0 aliphatic heterocycles. The lowest BCUT2D eigenvalue weighted by Crippen LogP contribution is -2.09. The molecule has 2 aromatic rings. The van der Waals surface area contributed by atoms with Crippen molar-refractivity contribution in [2.24, 2.45) is 0 Å². The van der Waals surface area contributed by atoms with Gasteiger partial charge in [-0.2, -0.15) is 0 Å². The van der Waals surface area contributed by atoms with Crippen LogP contribution in [-0.2, 0) is 10.0 Å². The summed E-state index contributed by atoms with van der Waals surface area (Å²) < 4.78 is 35.3. The van der Waals surface area contributed by atoms with Gasteiger partial charge in [0.1, 0.15) is 11.5 Å². The predicted molar refractivity (Wildman–Crippen MR) is 107 cm³/mol. The van der Waals surface area contributed by atoms with Crippen LogP contribution in [0.25, 0.3) is 6.08 Å². The third-order valence-corrected chi connectivity index (χ3v) is 4.53. The molecule has 0 aromatic heterocycles. The highest BCUT2D eigenvalue weighted by Crippen LogP contribution is 2.26. The van der Waals surface area contributed by atoms with Crippen LogP contribution < -0.4 is 19.5 Å². The fourth-order valence-electron chi connectivity index (χ4n) is 2.26. The molecule has 8 heteroatoms. The molecule has 2 aromatic carbocycles. The molecule has 0 saturated heterocycles. The Balaban J connectivity index is 2.20. The van der Waals surface area contributed by atoms with Gasteiger partial charge in [-0.1, -0.05) is 0 Å². The summed E-state index contributed by atoms with van der Waals surface area (Å²) in [5, 5.41) is 0.844. The second-order valence-electron chi connectivity index (χ2n) is 5.49. The van der Waals surface area contributed by atoms with E-state index in [4.69, 9.17) is 9.47 Å². The molecular weight excluding hydrogens is 373 g/mol. The summed E-state index contributed by atoms with van der Waals surface area (Å²) in [7, 11) is 2.34. The smallest absolute Gasteiger partial charge is 0.229 e. The van der Waals surface area contributed by atoms with Crippen LogP contribution in [0.4, 0.5) is 5.69 Å². The number of methoxy groups -OCH3 is 2. The van der Waals surface area contributed by atoms with Crippen LogP contribution in [0.15, 0.2) is 42.5 Å². The molecule has 0 saturated carbocycles. The molecule has 1 atom stereocenters. The van der Waals surface area contributed by atoms with Crippen LogP contribution in [0.1, 0.15) is 15.9 Å². The summed E-state index contributed by atoms with van der Waals surface area (Å²) in [6.45, 7) is 0. The van der Waals surface area contributed by atoms with Gasteiger partial charge in [-0.05, 0) is 42.5 Å². The Kier molecular flexibility index (Phi) is 6.40. The van der Waals surface area contributed by atoms with Crippen molar-refractivity contribution >= 4 is 42.1 Å². The predicted octanol–water partition coefficient (Wildman–Crippen LogP) is 2.47. The zero-order valence-corrected chi connectivity index (χ0v) is 16.6. The molecule has 0 heterocycles. The molecule has 0 radical (unpaired) electrons. The topological polar surface area (TPSA) is 81.7 Å². The van der Waals surface area contributed by atoms with E-state index in [-0.39, 0.29) is 5.78 Å². The minimum Gasteiger partial charge on any atom is -0.496 e. The van der Waals surface area contributed by atoms with Crippen LogP contribution in [0.5, 0.6) is 11.5 Å². The molecule has 0 fully saturated rings. The second-order valence-corrected chi connectivity index (χ2v) is 7.86. The maximum Gasteiger partial charge on any atom is 0.229 e. The van der Waals surface area contributed by atoms with Crippen molar-refractivity contribution in [2.75, 3.05) is 25.2 Å². The summed E-state index contributed by atoms with van der Waals surface area (Å²) in [4.78, 5) is 12.3. The van der Waals surface area contributed by atoms with E-state index in [9.17, 15) is 13.2 Å². The van der Waals surface area contributed by atoms with Crippen molar-refractivity contribution < 1.29 is 22.7 Å². The molecule has 2 rings (SSSR count). The number of hydrogen-bond donors (Lipinski definition) is 1. The van der Waals surface area contributed by atoms with E-state index in [1.54, 1.807) is 38.5 Å². The number of anilines is 1. The van der Waals surface area contributed by atoms with E-state index in [0.717, 1.165) is 17.1 Å². The van der Waals surface area contributed by atoms with Crippen LogP contribution in [-0.4, -0.2) is 34.7 Å². The maximum absolute atomic E-state index is 12.3. The Morgan fingerprint density at radius 3 is 2.23 bits per heavy atom. The summed E-state index contributed by atoms with van der Waals surface area (Å²) in [5.74, 6) is 1.05. The highest BCUT2D eigenvalue weighted by molar-refractivity contribution is 7.92. The number of hydrogen-bond acceptors (Lipinski definition) is 5. The first kappa shape index (κ1) is 19.9. The Bertz CT molecular complexity index is 937. The lowest BCUT2D eigenvalue weighted by atomic mass is 10.1. The molecule has 6 nitrogen and oxygen atoms in total. The average molecular weight is 393 g/mol. The molecule has 138 valence electrons. The molecule has 26 heavy (non-hydrogen) atoms. The first-order valence-electron chi connectivity index (χ1n) is 7.55. The zero-order valence-electron chi connectivity index (χ0n) is 14.6. The van der Waals surface area contributed by atoms with Gasteiger partial charge in [-0.15, -0.1) is 9.24 Å². The molecule has 0 aliphatic rings. The Hall–Kier alpha value is -2.37. The van der Waals surface area contributed by atoms with E-state index in [1.807, 2.05) is 6.07 Å². The average Bonchev–Trinajstić information content (AvgIpc) is 2.59. The number of carbonyl (C=O) groups excluding carboxylic acids is 1. The summed E-state index contributed by atoms with van der Waals surface area (Å²) in [6.07, 6.45) is 4.17. The third-order valence-electron chi connectivity index (χ3n) is 3.47. The Morgan fingerprint density at radius 1 is 1.08 bits per heavy atom. The van der Waals surface area contributed by atoms with E-state index >= 15 is 0 Å². The van der Waals surface area contributed by atoms with Crippen molar-refractivity contribution in [2.45, 2.75) is 0 Å². The van der Waals surface area contributed by atoms with Gasteiger partial charge in [0.05, 0.1) is 20.5 Å². The fraction of sp³-hybridized carbons (Fsp3) is 0.167. The molecule has 0 bridgehead atoms. The molecule has 0 amide bonds. The lowest BCUT2D eigenvalue weighted by molar-refractivity contribution is 0.104. The van der Waals surface area contributed by atoms with E-state index < -0.39 is 10.0 Å². The van der Waals surface area contributed by atoms with Gasteiger partial charge in [0.2, 0.25) is 10.0 Å². The number of ketones is 1. The first-order chi connectivity index (χ1) is 12.2. The summed E-state index contributed by atoms with van der Waals surface area (Å²) in [5.41, 5.74) is 1.58. The number of ether oxygens (including phenoxy) is 2. The van der Waals surface area contributed by atoms with Crippen molar-refractivity contribution in [1.29, 1.82) is 0 Å². The van der Waals surface area contributed by atoms with Crippen molar-refractivity contribution in [3.8, 4) is 11.5 Å². The number of carbonyl (C=O) groups is 1. The monoisotopic (exact) mass is 393 g/mol. The van der Waals surface area contributed by atoms with Crippen LogP contribution in [0, 0.1) is 0 Å². The highest BCUT2D eigenvalue weighted by atomic mass is 32.2. The molecule has 1 unspecified atom stereocenters. The number of nitrogens with one attached hydrogen (secondary N) is 1.